The first kappa shape index (κ1) is 21.7. The van der Waals surface area contributed by atoms with Gasteiger partial charge in [0.1, 0.15) is 11.6 Å². The predicted molar refractivity (Wildman–Crippen MR) is 115 cm³/mol. The van der Waals surface area contributed by atoms with Crippen LogP contribution in [-0.2, 0) is 15.0 Å². The fraction of sp³-hybridized carbons (Fsp3) is 0.478. The van der Waals surface area contributed by atoms with Crippen molar-refractivity contribution in [1.82, 2.24) is 14.9 Å². The number of benzene rings is 1. The van der Waals surface area contributed by atoms with Gasteiger partial charge in [-0.15, -0.1) is 0 Å². The zero-order chi connectivity index (χ0) is 21.6. The van der Waals surface area contributed by atoms with Crippen molar-refractivity contribution in [2.24, 2.45) is 5.92 Å². The lowest BCUT2D eigenvalue weighted by molar-refractivity contribution is -0.135. The number of ether oxygens (including phenoxy) is 1. The van der Waals surface area contributed by atoms with Crippen LogP contribution in [0.4, 0.5) is 5.69 Å². The predicted octanol–water partition coefficient (Wildman–Crippen LogP) is 3.42. The second kappa shape index (κ2) is 9.69. The number of carbonyl (C=O) groups is 2. The summed E-state index contributed by atoms with van der Waals surface area (Å²) < 4.78 is 5.60. The Hall–Kier alpha value is -2.96. The highest BCUT2D eigenvalue weighted by molar-refractivity contribution is 5.92. The molecule has 1 N–H and O–H groups in total. The minimum Gasteiger partial charge on any atom is -0.493 e. The summed E-state index contributed by atoms with van der Waals surface area (Å²) in [6.07, 6.45) is 4.94. The standard InChI is InChI=1S/C23H30N4O3/c1-23(2,3)22-24-15-18(16-25-22)26-21(29)17-9-12-27(13-10-17)20(28)11-14-30-19-7-5-4-6-8-19/h4-8,15-17H,9-14H2,1-3H3,(H,26,29). The van der Waals surface area contributed by atoms with Crippen molar-refractivity contribution in [3.8, 4) is 5.75 Å². The van der Waals surface area contributed by atoms with Crippen LogP contribution in [0.25, 0.3) is 0 Å². The van der Waals surface area contributed by atoms with Crippen molar-refractivity contribution in [3.63, 3.8) is 0 Å². The molecule has 3 rings (SSSR count). The van der Waals surface area contributed by atoms with E-state index in [1.54, 1.807) is 12.4 Å². The Morgan fingerprint density at radius 3 is 2.33 bits per heavy atom. The number of nitrogens with zero attached hydrogens (tertiary/aromatic N) is 3. The van der Waals surface area contributed by atoms with Crippen molar-refractivity contribution in [3.05, 3.63) is 48.5 Å². The summed E-state index contributed by atoms with van der Waals surface area (Å²) in [6, 6.07) is 9.47. The van der Waals surface area contributed by atoms with Crippen LogP contribution in [0, 0.1) is 5.92 Å². The number of carbonyl (C=O) groups excluding carboxylic acids is 2. The summed E-state index contributed by atoms with van der Waals surface area (Å²) in [5.41, 5.74) is 0.471. The zero-order valence-electron chi connectivity index (χ0n) is 17.9. The monoisotopic (exact) mass is 410 g/mol. The molecule has 1 aromatic carbocycles. The Morgan fingerprint density at radius 2 is 1.73 bits per heavy atom. The number of nitrogens with one attached hydrogen (secondary N) is 1. The molecule has 0 atom stereocenters. The molecule has 0 radical (unpaired) electrons. The van der Waals surface area contributed by atoms with E-state index in [1.807, 2.05) is 56.0 Å². The van der Waals surface area contributed by atoms with Gasteiger partial charge in [-0.3, -0.25) is 9.59 Å². The van der Waals surface area contributed by atoms with E-state index in [2.05, 4.69) is 15.3 Å². The van der Waals surface area contributed by atoms with Gasteiger partial charge in [-0.2, -0.15) is 0 Å². The molecule has 2 amide bonds. The van der Waals surface area contributed by atoms with Gasteiger partial charge in [-0.1, -0.05) is 39.0 Å². The number of para-hydroxylation sites is 1. The minimum absolute atomic E-state index is 0.0402. The van der Waals surface area contributed by atoms with Crippen LogP contribution in [-0.4, -0.2) is 46.4 Å². The molecular weight excluding hydrogens is 380 g/mol. The molecule has 1 saturated heterocycles. The molecule has 0 aliphatic carbocycles. The van der Waals surface area contributed by atoms with Crippen LogP contribution in [0.5, 0.6) is 5.75 Å². The number of aromatic nitrogens is 2. The molecule has 160 valence electrons. The quantitative estimate of drug-likeness (QED) is 0.789. The van der Waals surface area contributed by atoms with Crippen LogP contribution < -0.4 is 10.1 Å². The molecule has 0 unspecified atom stereocenters. The molecule has 7 heteroatoms. The lowest BCUT2D eigenvalue weighted by Gasteiger charge is -2.31. The van der Waals surface area contributed by atoms with E-state index in [0.29, 0.717) is 44.6 Å². The van der Waals surface area contributed by atoms with Gasteiger partial charge >= 0.3 is 0 Å². The van der Waals surface area contributed by atoms with Gasteiger partial charge in [0.15, 0.2) is 0 Å². The highest BCUT2D eigenvalue weighted by Gasteiger charge is 2.27. The minimum atomic E-state index is -0.131. The molecule has 1 fully saturated rings. The number of amides is 2. The first-order valence-electron chi connectivity index (χ1n) is 10.4. The number of likely N-dealkylation sites (tertiary alicyclic amines) is 1. The highest BCUT2D eigenvalue weighted by Crippen LogP contribution is 2.21. The Balaban J connectivity index is 1.41. The Morgan fingerprint density at radius 1 is 1.10 bits per heavy atom. The van der Waals surface area contributed by atoms with E-state index < -0.39 is 0 Å². The van der Waals surface area contributed by atoms with Gasteiger partial charge in [0.25, 0.3) is 0 Å². The van der Waals surface area contributed by atoms with Crippen molar-refractivity contribution in [1.29, 1.82) is 0 Å². The Labute approximate surface area is 177 Å². The van der Waals surface area contributed by atoms with E-state index >= 15 is 0 Å². The van der Waals surface area contributed by atoms with Crippen molar-refractivity contribution in [2.45, 2.75) is 45.4 Å². The first-order chi connectivity index (χ1) is 14.3. The zero-order valence-corrected chi connectivity index (χ0v) is 17.9. The van der Waals surface area contributed by atoms with Crippen LogP contribution in [0.2, 0.25) is 0 Å². The first-order valence-corrected chi connectivity index (χ1v) is 10.4. The average Bonchev–Trinajstić information content (AvgIpc) is 2.74. The number of hydrogen-bond donors (Lipinski definition) is 1. The maximum Gasteiger partial charge on any atom is 0.227 e. The molecular formula is C23H30N4O3. The molecule has 30 heavy (non-hydrogen) atoms. The molecule has 1 aromatic heterocycles. The van der Waals surface area contributed by atoms with Crippen LogP contribution in [0.3, 0.4) is 0 Å². The molecule has 0 bridgehead atoms. The summed E-state index contributed by atoms with van der Waals surface area (Å²) in [7, 11) is 0. The second-order valence-corrected chi connectivity index (χ2v) is 8.60. The SMILES string of the molecule is CC(C)(C)c1ncc(NC(=O)C2CCN(C(=O)CCOc3ccccc3)CC2)cn1. The Bertz CT molecular complexity index is 839. The van der Waals surface area contributed by atoms with Gasteiger partial charge in [0.05, 0.1) is 31.1 Å². The summed E-state index contributed by atoms with van der Waals surface area (Å²) >= 11 is 0. The normalized spacial score (nSPS) is 15.0. The number of anilines is 1. The largest absolute Gasteiger partial charge is 0.493 e. The van der Waals surface area contributed by atoms with E-state index in [-0.39, 0.29) is 23.1 Å². The molecule has 2 heterocycles. The van der Waals surface area contributed by atoms with E-state index in [4.69, 9.17) is 4.74 Å². The number of piperidine rings is 1. The summed E-state index contributed by atoms with van der Waals surface area (Å²) in [5.74, 6) is 1.42. The average molecular weight is 411 g/mol. The lowest BCUT2D eigenvalue weighted by Crippen LogP contribution is -2.41. The molecule has 7 nitrogen and oxygen atoms in total. The summed E-state index contributed by atoms with van der Waals surface area (Å²) in [5, 5.41) is 2.90. The van der Waals surface area contributed by atoms with Gasteiger partial charge < -0.3 is 15.0 Å². The fourth-order valence-electron chi connectivity index (χ4n) is 3.35. The van der Waals surface area contributed by atoms with E-state index in [9.17, 15) is 9.59 Å². The second-order valence-electron chi connectivity index (χ2n) is 8.60. The summed E-state index contributed by atoms with van der Waals surface area (Å²) in [6.45, 7) is 7.66. The van der Waals surface area contributed by atoms with Gasteiger partial charge in [-0.25, -0.2) is 9.97 Å². The smallest absolute Gasteiger partial charge is 0.227 e. The van der Waals surface area contributed by atoms with Crippen molar-refractivity contribution in [2.75, 3.05) is 25.0 Å². The highest BCUT2D eigenvalue weighted by atomic mass is 16.5. The molecule has 1 aliphatic heterocycles. The topological polar surface area (TPSA) is 84.4 Å². The Kier molecular flexibility index (Phi) is 7.03. The molecule has 0 saturated carbocycles. The van der Waals surface area contributed by atoms with Crippen molar-refractivity contribution >= 4 is 17.5 Å². The lowest BCUT2D eigenvalue weighted by atomic mass is 9.95. The van der Waals surface area contributed by atoms with Gasteiger partial charge in [0.2, 0.25) is 11.8 Å². The fourth-order valence-corrected chi connectivity index (χ4v) is 3.35. The van der Waals surface area contributed by atoms with Crippen LogP contribution in [0.1, 0.15) is 45.9 Å². The molecule has 0 spiro atoms. The van der Waals surface area contributed by atoms with Crippen LogP contribution in [0.15, 0.2) is 42.7 Å². The number of rotatable bonds is 6. The van der Waals surface area contributed by atoms with Gasteiger partial charge in [0, 0.05) is 24.4 Å². The van der Waals surface area contributed by atoms with Crippen LogP contribution >= 0.6 is 0 Å². The molecule has 2 aromatic rings. The van der Waals surface area contributed by atoms with E-state index in [0.717, 1.165) is 11.6 Å². The third kappa shape index (κ3) is 6.02. The van der Waals surface area contributed by atoms with Gasteiger partial charge in [-0.05, 0) is 25.0 Å². The third-order valence-corrected chi connectivity index (χ3v) is 5.14. The summed E-state index contributed by atoms with van der Waals surface area (Å²) in [4.78, 5) is 35.5. The third-order valence-electron chi connectivity index (χ3n) is 5.14. The van der Waals surface area contributed by atoms with Crippen molar-refractivity contribution < 1.29 is 14.3 Å². The van der Waals surface area contributed by atoms with E-state index in [1.165, 1.54) is 0 Å². The maximum absolute atomic E-state index is 12.6. The maximum atomic E-state index is 12.6. The number of hydrogen-bond acceptors (Lipinski definition) is 5. The molecule has 1 aliphatic rings.